The van der Waals surface area contributed by atoms with Crippen LogP contribution in [-0.4, -0.2) is 46.9 Å². The number of nitrogens with zero attached hydrogens (tertiary/aromatic N) is 1. The Morgan fingerprint density at radius 3 is 2.36 bits per heavy atom. The quantitative estimate of drug-likeness (QED) is 0.486. The molecule has 0 bridgehead atoms. The molecule has 2 aromatic rings. The first-order chi connectivity index (χ1) is 13.7. The maximum atomic E-state index is 5.36. The van der Waals surface area contributed by atoms with Gasteiger partial charge in [-0.05, 0) is 55.2 Å². The van der Waals surface area contributed by atoms with Gasteiger partial charge in [-0.15, -0.1) is 0 Å². The van der Waals surface area contributed by atoms with Crippen LogP contribution in [0, 0.1) is 0 Å². The minimum absolute atomic E-state index is 0.685. The van der Waals surface area contributed by atoms with Crippen LogP contribution in [0.25, 0.3) is 0 Å². The summed E-state index contributed by atoms with van der Waals surface area (Å²) < 4.78 is 15.9. The molecule has 6 heteroatoms. The third-order valence-corrected chi connectivity index (χ3v) is 4.30. The van der Waals surface area contributed by atoms with E-state index in [1.54, 1.807) is 21.3 Å². The summed E-state index contributed by atoms with van der Waals surface area (Å²) in [6.45, 7) is 4.37. The molecule has 2 rings (SSSR count). The van der Waals surface area contributed by atoms with Crippen molar-refractivity contribution in [1.29, 1.82) is 0 Å². The Labute approximate surface area is 167 Å². The van der Waals surface area contributed by atoms with Crippen LogP contribution < -0.4 is 24.8 Å². The number of nitrogens with one attached hydrogen (secondary N) is 2. The van der Waals surface area contributed by atoms with Crippen LogP contribution in [0.4, 0.5) is 0 Å². The van der Waals surface area contributed by atoms with E-state index in [2.05, 4.69) is 34.7 Å². The zero-order chi connectivity index (χ0) is 20.2. The molecule has 0 atom stereocenters. The van der Waals surface area contributed by atoms with Gasteiger partial charge in [0.1, 0.15) is 5.75 Å². The molecule has 152 valence electrons. The maximum absolute atomic E-state index is 5.36. The first-order valence-electron chi connectivity index (χ1n) is 9.56. The number of hydrogen-bond acceptors (Lipinski definition) is 4. The number of methoxy groups -OCH3 is 3. The standard InChI is InChI=1S/C22H31N3O3/c1-5-23-22(24-13-11-17-7-6-8-19(15-17)26-2)25-14-12-18-9-10-20(27-3)21(16-18)28-4/h6-10,15-16H,5,11-14H2,1-4H3,(H2,23,24,25). The van der Waals surface area contributed by atoms with Crippen LogP contribution in [0.15, 0.2) is 47.5 Å². The Morgan fingerprint density at radius 2 is 1.64 bits per heavy atom. The zero-order valence-corrected chi connectivity index (χ0v) is 17.2. The lowest BCUT2D eigenvalue weighted by molar-refractivity contribution is 0.354. The smallest absolute Gasteiger partial charge is 0.191 e. The van der Waals surface area contributed by atoms with E-state index < -0.39 is 0 Å². The Kier molecular flexibility index (Phi) is 8.98. The van der Waals surface area contributed by atoms with Gasteiger partial charge in [-0.1, -0.05) is 18.2 Å². The van der Waals surface area contributed by atoms with E-state index in [1.165, 1.54) is 5.56 Å². The second-order valence-electron chi connectivity index (χ2n) is 6.23. The number of rotatable bonds is 10. The highest BCUT2D eigenvalue weighted by Crippen LogP contribution is 2.27. The average molecular weight is 386 g/mol. The third kappa shape index (κ3) is 6.68. The molecule has 0 saturated carbocycles. The minimum Gasteiger partial charge on any atom is -0.497 e. The molecule has 0 unspecified atom stereocenters. The summed E-state index contributed by atoms with van der Waals surface area (Å²) in [6.07, 6.45) is 1.73. The van der Waals surface area contributed by atoms with Crippen LogP contribution >= 0.6 is 0 Å². The molecule has 0 spiro atoms. The molecule has 0 aliphatic carbocycles. The van der Waals surface area contributed by atoms with E-state index >= 15 is 0 Å². The molecular weight excluding hydrogens is 354 g/mol. The first kappa shape index (κ1) is 21.4. The molecule has 0 fully saturated rings. The largest absolute Gasteiger partial charge is 0.497 e. The van der Waals surface area contributed by atoms with Crippen molar-refractivity contribution in [2.75, 3.05) is 41.0 Å². The Bertz CT molecular complexity index is 762. The topological polar surface area (TPSA) is 64.1 Å². The molecule has 2 N–H and O–H groups in total. The van der Waals surface area contributed by atoms with Gasteiger partial charge in [0, 0.05) is 19.6 Å². The fourth-order valence-corrected chi connectivity index (χ4v) is 2.83. The highest BCUT2D eigenvalue weighted by molar-refractivity contribution is 5.79. The van der Waals surface area contributed by atoms with E-state index in [1.807, 2.05) is 30.3 Å². The lowest BCUT2D eigenvalue weighted by Gasteiger charge is -2.12. The monoisotopic (exact) mass is 385 g/mol. The second kappa shape index (κ2) is 11.7. The van der Waals surface area contributed by atoms with Crippen molar-refractivity contribution in [1.82, 2.24) is 10.6 Å². The number of aliphatic imine (C=N–C) groups is 1. The normalized spacial score (nSPS) is 11.1. The lowest BCUT2D eigenvalue weighted by atomic mass is 10.1. The summed E-state index contributed by atoms with van der Waals surface area (Å²) in [5.74, 6) is 3.19. The van der Waals surface area contributed by atoms with Gasteiger partial charge >= 0.3 is 0 Å². The zero-order valence-electron chi connectivity index (χ0n) is 17.2. The summed E-state index contributed by atoms with van der Waals surface area (Å²) in [5, 5.41) is 6.68. The van der Waals surface area contributed by atoms with Crippen LogP contribution in [0.1, 0.15) is 18.1 Å². The minimum atomic E-state index is 0.685. The summed E-state index contributed by atoms with van der Waals surface area (Å²) >= 11 is 0. The van der Waals surface area contributed by atoms with Gasteiger partial charge < -0.3 is 24.8 Å². The summed E-state index contributed by atoms with van der Waals surface area (Å²) in [6, 6.07) is 14.1. The van der Waals surface area contributed by atoms with Gasteiger partial charge in [0.05, 0.1) is 21.3 Å². The van der Waals surface area contributed by atoms with Crippen molar-refractivity contribution in [3.63, 3.8) is 0 Å². The van der Waals surface area contributed by atoms with Crippen LogP contribution in [0.3, 0.4) is 0 Å². The van der Waals surface area contributed by atoms with E-state index in [0.29, 0.717) is 6.54 Å². The molecule has 0 radical (unpaired) electrons. The molecule has 0 aliphatic heterocycles. The second-order valence-corrected chi connectivity index (χ2v) is 6.23. The molecule has 0 heterocycles. The highest BCUT2D eigenvalue weighted by atomic mass is 16.5. The van der Waals surface area contributed by atoms with Crippen molar-refractivity contribution in [2.24, 2.45) is 4.99 Å². The molecule has 6 nitrogen and oxygen atoms in total. The van der Waals surface area contributed by atoms with Gasteiger partial charge in [-0.3, -0.25) is 4.99 Å². The average Bonchev–Trinajstić information content (AvgIpc) is 2.73. The Balaban J connectivity index is 1.87. The number of ether oxygens (including phenoxy) is 3. The van der Waals surface area contributed by atoms with Crippen LogP contribution in [0.2, 0.25) is 0 Å². The van der Waals surface area contributed by atoms with E-state index in [4.69, 9.17) is 14.2 Å². The summed E-state index contributed by atoms with van der Waals surface area (Å²) in [5.41, 5.74) is 2.39. The van der Waals surface area contributed by atoms with Crippen LogP contribution in [0.5, 0.6) is 17.2 Å². The number of hydrogen-bond donors (Lipinski definition) is 2. The molecule has 2 aromatic carbocycles. The molecule has 0 aliphatic rings. The van der Waals surface area contributed by atoms with Crippen LogP contribution in [-0.2, 0) is 12.8 Å². The Hall–Kier alpha value is -2.89. The molecule has 28 heavy (non-hydrogen) atoms. The Morgan fingerprint density at radius 1 is 0.857 bits per heavy atom. The summed E-state index contributed by atoms with van der Waals surface area (Å²) in [7, 11) is 4.97. The predicted octanol–water partition coefficient (Wildman–Crippen LogP) is 3.05. The van der Waals surface area contributed by atoms with Gasteiger partial charge in [0.25, 0.3) is 0 Å². The number of benzene rings is 2. The fourth-order valence-electron chi connectivity index (χ4n) is 2.83. The van der Waals surface area contributed by atoms with Gasteiger partial charge in [-0.25, -0.2) is 0 Å². The number of guanidine groups is 1. The van der Waals surface area contributed by atoms with Gasteiger partial charge in [0.15, 0.2) is 17.5 Å². The van der Waals surface area contributed by atoms with E-state index in [-0.39, 0.29) is 0 Å². The van der Waals surface area contributed by atoms with Crippen molar-refractivity contribution in [2.45, 2.75) is 19.8 Å². The predicted molar refractivity (Wildman–Crippen MR) is 114 cm³/mol. The SMILES string of the molecule is CCNC(=NCCc1ccc(OC)c(OC)c1)NCCc1cccc(OC)c1. The molecule has 0 amide bonds. The molecule has 0 saturated heterocycles. The lowest BCUT2D eigenvalue weighted by Crippen LogP contribution is -2.38. The van der Waals surface area contributed by atoms with Crippen molar-refractivity contribution in [3.8, 4) is 17.2 Å². The van der Waals surface area contributed by atoms with Gasteiger partial charge in [0.2, 0.25) is 0 Å². The van der Waals surface area contributed by atoms with E-state index in [9.17, 15) is 0 Å². The van der Waals surface area contributed by atoms with Crippen molar-refractivity contribution in [3.05, 3.63) is 53.6 Å². The third-order valence-electron chi connectivity index (χ3n) is 4.30. The molecule has 0 aromatic heterocycles. The molecular formula is C22H31N3O3. The first-order valence-corrected chi connectivity index (χ1v) is 9.56. The fraction of sp³-hybridized carbons (Fsp3) is 0.409. The maximum Gasteiger partial charge on any atom is 0.191 e. The van der Waals surface area contributed by atoms with Crippen molar-refractivity contribution < 1.29 is 14.2 Å². The van der Waals surface area contributed by atoms with Crippen molar-refractivity contribution >= 4 is 5.96 Å². The van der Waals surface area contributed by atoms with Gasteiger partial charge in [-0.2, -0.15) is 0 Å². The highest BCUT2D eigenvalue weighted by Gasteiger charge is 2.05. The summed E-state index contributed by atoms with van der Waals surface area (Å²) in [4.78, 5) is 4.67. The van der Waals surface area contributed by atoms with E-state index in [0.717, 1.165) is 54.7 Å².